The summed E-state index contributed by atoms with van der Waals surface area (Å²) in [5.74, 6) is 1.46. The SMILES string of the molecule is CCNc1cc(COC)nc2cc(OC)cc(OC)c12. The van der Waals surface area contributed by atoms with Gasteiger partial charge in [0.25, 0.3) is 0 Å². The summed E-state index contributed by atoms with van der Waals surface area (Å²) in [7, 11) is 4.93. The topological polar surface area (TPSA) is 52.6 Å². The van der Waals surface area contributed by atoms with E-state index in [-0.39, 0.29) is 0 Å². The number of hydrogen-bond donors (Lipinski definition) is 1. The molecular weight excluding hydrogens is 256 g/mol. The highest BCUT2D eigenvalue weighted by Gasteiger charge is 2.12. The molecule has 0 saturated heterocycles. The van der Waals surface area contributed by atoms with Crippen LogP contribution in [-0.4, -0.2) is 32.9 Å². The van der Waals surface area contributed by atoms with E-state index in [0.29, 0.717) is 6.61 Å². The minimum absolute atomic E-state index is 0.466. The van der Waals surface area contributed by atoms with Crippen molar-refractivity contribution in [1.29, 1.82) is 0 Å². The molecule has 1 heterocycles. The van der Waals surface area contributed by atoms with Gasteiger partial charge in [0.15, 0.2) is 0 Å². The quantitative estimate of drug-likeness (QED) is 0.879. The Morgan fingerprint density at radius 2 is 1.90 bits per heavy atom. The van der Waals surface area contributed by atoms with Crippen LogP contribution >= 0.6 is 0 Å². The number of hydrogen-bond acceptors (Lipinski definition) is 5. The molecule has 1 N–H and O–H groups in total. The van der Waals surface area contributed by atoms with Crippen molar-refractivity contribution in [3.63, 3.8) is 0 Å². The molecule has 0 bridgehead atoms. The molecule has 0 aliphatic heterocycles. The van der Waals surface area contributed by atoms with Gasteiger partial charge in [0.1, 0.15) is 11.5 Å². The molecule has 1 aromatic heterocycles. The van der Waals surface area contributed by atoms with E-state index in [1.54, 1.807) is 21.3 Å². The fourth-order valence-electron chi connectivity index (χ4n) is 2.19. The van der Waals surface area contributed by atoms with E-state index in [1.807, 2.05) is 18.2 Å². The molecule has 5 nitrogen and oxygen atoms in total. The van der Waals surface area contributed by atoms with E-state index in [9.17, 15) is 0 Å². The third-order valence-electron chi connectivity index (χ3n) is 3.01. The summed E-state index contributed by atoms with van der Waals surface area (Å²) in [6, 6.07) is 5.75. The Balaban J connectivity index is 2.70. The van der Waals surface area contributed by atoms with Crippen LogP contribution in [0.2, 0.25) is 0 Å². The van der Waals surface area contributed by atoms with Crippen molar-refractivity contribution in [3.8, 4) is 11.5 Å². The fraction of sp³-hybridized carbons (Fsp3) is 0.400. The minimum Gasteiger partial charge on any atom is -0.497 e. The van der Waals surface area contributed by atoms with Crippen molar-refractivity contribution >= 4 is 16.6 Å². The summed E-state index contributed by atoms with van der Waals surface area (Å²) >= 11 is 0. The monoisotopic (exact) mass is 276 g/mol. The van der Waals surface area contributed by atoms with Crippen molar-refractivity contribution in [1.82, 2.24) is 4.98 Å². The highest BCUT2D eigenvalue weighted by atomic mass is 16.5. The molecule has 0 aliphatic carbocycles. The molecule has 0 spiro atoms. The van der Waals surface area contributed by atoms with Gasteiger partial charge in [0.2, 0.25) is 0 Å². The highest BCUT2D eigenvalue weighted by molar-refractivity contribution is 5.97. The average Bonchev–Trinajstić information content (AvgIpc) is 2.46. The van der Waals surface area contributed by atoms with E-state index in [2.05, 4.69) is 17.2 Å². The third-order valence-corrected chi connectivity index (χ3v) is 3.01. The molecule has 20 heavy (non-hydrogen) atoms. The molecule has 2 rings (SSSR count). The summed E-state index contributed by atoms with van der Waals surface area (Å²) in [6.07, 6.45) is 0. The predicted octanol–water partition coefficient (Wildman–Crippen LogP) is 2.83. The summed E-state index contributed by atoms with van der Waals surface area (Å²) in [4.78, 5) is 4.60. The smallest absolute Gasteiger partial charge is 0.134 e. The van der Waals surface area contributed by atoms with Gasteiger partial charge < -0.3 is 19.5 Å². The number of fused-ring (bicyclic) bond motifs is 1. The molecule has 5 heteroatoms. The maximum Gasteiger partial charge on any atom is 0.134 e. The lowest BCUT2D eigenvalue weighted by Gasteiger charge is -2.14. The first kappa shape index (κ1) is 14.4. The number of anilines is 1. The highest BCUT2D eigenvalue weighted by Crippen LogP contribution is 2.35. The molecule has 0 fully saturated rings. The summed E-state index contributed by atoms with van der Waals surface area (Å²) < 4.78 is 15.9. The first-order chi connectivity index (χ1) is 9.73. The van der Waals surface area contributed by atoms with E-state index < -0.39 is 0 Å². The number of rotatable bonds is 6. The normalized spacial score (nSPS) is 10.6. The second-order valence-electron chi connectivity index (χ2n) is 4.35. The number of pyridine rings is 1. The van der Waals surface area contributed by atoms with Crippen molar-refractivity contribution < 1.29 is 14.2 Å². The zero-order valence-electron chi connectivity index (χ0n) is 12.3. The van der Waals surface area contributed by atoms with E-state index >= 15 is 0 Å². The molecule has 0 saturated carbocycles. The van der Waals surface area contributed by atoms with Gasteiger partial charge in [-0.25, -0.2) is 4.98 Å². The van der Waals surface area contributed by atoms with Gasteiger partial charge in [-0.2, -0.15) is 0 Å². The maximum absolute atomic E-state index is 5.47. The Kier molecular flexibility index (Phi) is 4.63. The van der Waals surface area contributed by atoms with Gasteiger partial charge in [-0.15, -0.1) is 0 Å². The predicted molar refractivity (Wildman–Crippen MR) is 79.7 cm³/mol. The molecular formula is C15H20N2O3. The van der Waals surface area contributed by atoms with Gasteiger partial charge in [0, 0.05) is 31.5 Å². The minimum atomic E-state index is 0.466. The number of aromatic nitrogens is 1. The van der Waals surface area contributed by atoms with E-state index in [1.165, 1.54) is 0 Å². The van der Waals surface area contributed by atoms with E-state index in [0.717, 1.165) is 40.3 Å². The Morgan fingerprint density at radius 3 is 2.50 bits per heavy atom. The molecule has 0 unspecified atom stereocenters. The summed E-state index contributed by atoms with van der Waals surface area (Å²) in [6.45, 7) is 3.34. The molecule has 0 amide bonds. The molecule has 0 radical (unpaired) electrons. The first-order valence-electron chi connectivity index (χ1n) is 6.52. The van der Waals surface area contributed by atoms with Crippen molar-refractivity contribution in [2.75, 3.05) is 33.2 Å². The first-order valence-corrected chi connectivity index (χ1v) is 6.52. The number of nitrogens with zero attached hydrogens (tertiary/aromatic N) is 1. The Labute approximate surface area is 118 Å². The zero-order chi connectivity index (χ0) is 14.5. The van der Waals surface area contributed by atoms with Crippen LogP contribution in [0.15, 0.2) is 18.2 Å². The lowest BCUT2D eigenvalue weighted by atomic mass is 10.1. The van der Waals surface area contributed by atoms with Crippen LogP contribution in [0.1, 0.15) is 12.6 Å². The summed E-state index contributed by atoms with van der Waals surface area (Å²) in [5, 5.41) is 4.30. The van der Waals surface area contributed by atoms with Gasteiger partial charge in [-0.3, -0.25) is 0 Å². The van der Waals surface area contributed by atoms with E-state index in [4.69, 9.17) is 14.2 Å². The molecule has 108 valence electrons. The van der Waals surface area contributed by atoms with Crippen LogP contribution in [0.25, 0.3) is 10.9 Å². The van der Waals surface area contributed by atoms with Crippen LogP contribution in [0.5, 0.6) is 11.5 Å². The standard InChI is InChI=1S/C15H20N2O3/c1-5-16-12-6-10(9-18-2)17-13-7-11(19-3)8-14(20-4)15(12)13/h6-8H,5,9H2,1-4H3,(H,16,17). The molecule has 2 aromatic rings. The van der Waals surface area contributed by atoms with Crippen molar-refractivity contribution in [3.05, 3.63) is 23.9 Å². The van der Waals surface area contributed by atoms with Crippen molar-refractivity contribution in [2.45, 2.75) is 13.5 Å². The van der Waals surface area contributed by atoms with Crippen molar-refractivity contribution in [2.24, 2.45) is 0 Å². The molecule has 0 atom stereocenters. The van der Waals surface area contributed by atoms with Gasteiger partial charge in [-0.05, 0) is 13.0 Å². The largest absolute Gasteiger partial charge is 0.497 e. The molecule has 0 aliphatic rings. The van der Waals surface area contributed by atoms with Gasteiger partial charge in [-0.1, -0.05) is 0 Å². The van der Waals surface area contributed by atoms with Gasteiger partial charge >= 0.3 is 0 Å². The second kappa shape index (κ2) is 6.43. The van der Waals surface area contributed by atoms with Crippen LogP contribution in [0, 0.1) is 0 Å². The second-order valence-corrected chi connectivity index (χ2v) is 4.35. The lowest BCUT2D eigenvalue weighted by Crippen LogP contribution is -2.03. The van der Waals surface area contributed by atoms with Crippen LogP contribution in [0.3, 0.4) is 0 Å². The third kappa shape index (κ3) is 2.77. The van der Waals surface area contributed by atoms with Crippen LogP contribution in [-0.2, 0) is 11.3 Å². The Bertz CT molecular complexity index is 599. The lowest BCUT2D eigenvalue weighted by molar-refractivity contribution is 0.182. The number of ether oxygens (including phenoxy) is 3. The van der Waals surface area contributed by atoms with Crippen LogP contribution < -0.4 is 14.8 Å². The zero-order valence-corrected chi connectivity index (χ0v) is 12.3. The number of nitrogens with one attached hydrogen (secondary N) is 1. The number of methoxy groups -OCH3 is 3. The Morgan fingerprint density at radius 1 is 1.10 bits per heavy atom. The maximum atomic E-state index is 5.47. The Hall–Kier alpha value is -2.01. The molecule has 1 aromatic carbocycles. The van der Waals surface area contributed by atoms with Gasteiger partial charge in [0.05, 0.1) is 37.4 Å². The summed E-state index contributed by atoms with van der Waals surface area (Å²) in [5.41, 5.74) is 2.68. The van der Waals surface area contributed by atoms with Crippen LogP contribution in [0.4, 0.5) is 5.69 Å². The number of benzene rings is 1. The fourth-order valence-corrected chi connectivity index (χ4v) is 2.19. The average molecular weight is 276 g/mol.